The molecule has 0 spiro atoms. The summed E-state index contributed by atoms with van der Waals surface area (Å²) in [7, 11) is -3.62. The van der Waals surface area contributed by atoms with E-state index in [4.69, 9.17) is 5.84 Å². The molecule has 0 radical (unpaired) electrons. The summed E-state index contributed by atoms with van der Waals surface area (Å²) in [6.45, 7) is 4.37. The van der Waals surface area contributed by atoms with Crippen LogP contribution in [0.4, 0.5) is 5.82 Å². The van der Waals surface area contributed by atoms with E-state index in [1.54, 1.807) is 0 Å². The Morgan fingerprint density at radius 1 is 1.56 bits per heavy atom. The first-order valence-electron chi connectivity index (χ1n) is 5.52. The number of halogens is 1. The van der Waals surface area contributed by atoms with Crippen LogP contribution in [0.2, 0.25) is 0 Å². The van der Waals surface area contributed by atoms with Crippen LogP contribution in [0.1, 0.15) is 20.3 Å². The van der Waals surface area contributed by atoms with E-state index in [0.29, 0.717) is 11.0 Å². The first-order chi connectivity index (χ1) is 8.40. The van der Waals surface area contributed by atoms with Gasteiger partial charge in [-0.2, -0.15) is 0 Å². The van der Waals surface area contributed by atoms with Gasteiger partial charge in [0.15, 0.2) is 5.82 Å². The van der Waals surface area contributed by atoms with Crippen molar-refractivity contribution in [2.24, 2.45) is 11.8 Å². The molecule has 6 nitrogen and oxygen atoms in total. The van der Waals surface area contributed by atoms with Crippen molar-refractivity contribution in [3.05, 3.63) is 16.7 Å². The Hall–Kier alpha value is -0.700. The number of hydrogen-bond acceptors (Lipinski definition) is 5. The van der Waals surface area contributed by atoms with Gasteiger partial charge in [0.05, 0.1) is 0 Å². The van der Waals surface area contributed by atoms with Crippen molar-refractivity contribution in [2.45, 2.75) is 25.2 Å². The van der Waals surface area contributed by atoms with E-state index in [0.717, 1.165) is 6.42 Å². The van der Waals surface area contributed by atoms with Crippen molar-refractivity contribution in [1.29, 1.82) is 0 Å². The maximum atomic E-state index is 12.1. The highest BCUT2D eigenvalue weighted by Gasteiger charge is 2.20. The third-order valence-corrected chi connectivity index (χ3v) is 4.43. The number of nitrogens with two attached hydrogens (primary N) is 1. The van der Waals surface area contributed by atoms with E-state index in [9.17, 15) is 8.42 Å². The van der Waals surface area contributed by atoms with Gasteiger partial charge in [-0.05, 0) is 27.9 Å². The number of nitrogen functional groups attached to an aromatic ring is 1. The number of nitrogens with one attached hydrogen (secondary N) is 2. The molecule has 1 aromatic heterocycles. The largest absolute Gasteiger partial charge is 0.307 e. The van der Waals surface area contributed by atoms with Crippen LogP contribution in [0.25, 0.3) is 0 Å². The minimum absolute atomic E-state index is 0.0303. The minimum Gasteiger partial charge on any atom is -0.307 e. The van der Waals surface area contributed by atoms with Gasteiger partial charge in [-0.3, -0.25) is 0 Å². The lowest BCUT2D eigenvalue weighted by Gasteiger charge is -2.13. The highest BCUT2D eigenvalue weighted by Crippen LogP contribution is 2.22. The number of anilines is 1. The lowest BCUT2D eigenvalue weighted by molar-refractivity contribution is 0.528. The van der Waals surface area contributed by atoms with Crippen molar-refractivity contribution < 1.29 is 8.42 Å². The maximum Gasteiger partial charge on any atom is 0.244 e. The van der Waals surface area contributed by atoms with Gasteiger partial charge in [0.25, 0.3) is 0 Å². The van der Waals surface area contributed by atoms with Gasteiger partial charge in [-0.15, -0.1) is 0 Å². The maximum absolute atomic E-state index is 12.1. The Kier molecular flexibility index (Phi) is 5.51. The number of hydrazine groups is 1. The van der Waals surface area contributed by atoms with Gasteiger partial charge < -0.3 is 5.43 Å². The molecule has 1 aromatic rings. The van der Waals surface area contributed by atoms with Crippen molar-refractivity contribution in [1.82, 2.24) is 9.71 Å². The van der Waals surface area contributed by atoms with Crippen molar-refractivity contribution in [2.75, 3.05) is 12.0 Å². The monoisotopic (exact) mass is 336 g/mol. The molecule has 4 N–H and O–H groups in total. The molecule has 0 bridgehead atoms. The van der Waals surface area contributed by atoms with E-state index in [2.05, 4.69) is 31.1 Å². The zero-order valence-corrected chi connectivity index (χ0v) is 12.7. The van der Waals surface area contributed by atoms with Crippen LogP contribution >= 0.6 is 15.9 Å². The third kappa shape index (κ3) is 3.91. The SMILES string of the molecule is CCC(C)CNS(=O)(=O)c1cc(Br)cnc1NN. The van der Waals surface area contributed by atoms with Crippen LogP contribution in [-0.4, -0.2) is 19.9 Å². The molecule has 102 valence electrons. The predicted octanol–water partition coefficient (Wildman–Crippen LogP) is 1.45. The van der Waals surface area contributed by atoms with Gasteiger partial charge >= 0.3 is 0 Å². The second-order valence-electron chi connectivity index (χ2n) is 4.01. The normalized spacial score (nSPS) is 13.3. The van der Waals surface area contributed by atoms with E-state index in [-0.39, 0.29) is 16.6 Å². The number of sulfonamides is 1. The number of aromatic nitrogens is 1. The van der Waals surface area contributed by atoms with E-state index >= 15 is 0 Å². The fourth-order valence-electron chi connectivity index (χ4n) is 1.21. The summed E-state index contributed by atoms with van der Waals surface area (Å²) in [4.78, 5) is 3.94. The zero-order valence-electron chi connectivity index (χ0n) is 10.3. The summed E-state index contributed by atoms with van der Waals surface area (Å²) >= 11 is 3.19. The lowest BCUT2D eigenvalue weighted by Crippen LogP contribution is -2.29. The first-order valence-corrected chi connectivity index (χ1v) is 7.80. The number of nitrogens with zero attached hydrogens (tertiary/aromatic N) is 1. The number of pyridine rings is 1. The molecule has 0 saturated carbocycles. The molecule has 1 heterocycles. The predicted molar refractivity (Wildman–Crippen MR) is 74.4 cm³/mol. The van der Waals surface area contributed by atoms with Crippen molar-refractivity contribution >= 4 is 31.8 Å². The molecule has 0 aromatic carbocycles. The lowest BCUT2D eigenvalue weighted by atomic mass is 10.1. The minimum atomic E-state index is -3.62. The highest BCUT2D eigenvalue weighted by molar-refractivity contribution is 9.10. The topological polar surface area (TPSA) is 97.1 Å². The molecular weight excluding hydrogens is 320 g/mol. The highest BCUT2D eigenvalue weighted by atomic mass is 79.9. The molecule has 1 rings (SSSR count). The summed E-state index contributed by atoms with van der Waals surface area (Å²) in [5.74, 6) is 5.65. The Morgan fingerprint density at radius 2 is 2.22 bits per heavy atom. The average Bonchev–Trinajstić information content (AvgIpc) is 2.36. The molecule has 0 aliphatic carbocycles. The first kappa shape index (κ1) is 15.4. The molecular formula is C10H17BrN4O2S. The Bertz CT molecular complexity index is 507. The zero-order chi connectivity index (χ0) is 13.8. The fraction of sp³-hybridized carbons (Fsp3) is 0.500. The van der Waals surface area contributed by atoms with Gasteiger partial charge in [0, 0.05) is 17.2 Å². The smallest absolute Gasteiger partial charge is 0.244 e. The second kappa shape index (κ2) is 6.46. The number of hydrogen-bond donors (Lipinski definition) is 3. The molecule has 0 fully saturated rings. The molecule has 8 heteroatoms. The van der Waals surface area contributed by atoms with Gasteiger partial charge in [-0.25, -0.2) is 24.0 Å². The molecule has 0 amide bonds. The quantitative estimate of drug-likeness (QED) is 0.539. The van der Waals surface area contributed by atoms with Crippen LogP contribution in [0.3, 0.4) is 0 Å². The van der Waals surface area contributed by atoms with Gasteiger partial charge in [0.1, 0.15) is 4.90 Å². The summed E-state index contributed by atoms with van der Waals surface area (Å²) < 4.78 is 27.4. The fourth-order valence-corrected chi connectivity index (χ4v) is 3.00. The molecule has 0 aliphatic rings. The van der Waals surface area contributed by atoms with Crippen molar-refractivity contribution in [3.8, 4) is 0 Å². The van der Waals surface area contributed by atoms with Gasteiger partial charge in [0.2, 0.25) is 10.0 Å². The van der Waals surface area contributed by atoms with Crippen LogP contribution < -0.4 is 16.0 Å². The standard InChI is InChI=1S/C10H17BrN4O2S/c1-3-7(2)5-14-18(16,17)9-4-8(11)6-13-10(9)15-12/h4,6-7,14H,3,5,12H2,1-2H3,(H,13,15). The Labute approximate surface area is 116 Å². The summed E-state index contributed by atoms with van der Waals surface area (Å²) in [5.41, 5.74) is 2.28. The summed E-state index contributed by atoms with van der Waals surface area (Å²) in [6, 6.07) is 1.46. The van der Waals surface area contributed by atoms with Crippen LogP contribution in [0, 0.1) is 5.92 Å². The molecule has 1 atom stereocenters. The molecule has 0 saturated heterocycles. The van der Waals surface area contributed by atoms with E-state index in [1.165, 1.54) is 12.3 Å². The third-order valence-electron chi connectivity index (χ3n) is 2.56. The van der Waals surface area contributed by atoms with Gasteiger partial charge in [-0.1, -0.05) is 20.3 Å². The molecule has 1 unspecified atom stereocenters. The number of rotatable bonds is 6. The average molecular weight is 337 g/mol. The summed E-state index contributed by atoms with van der Waals surface area (Å²) in [6.07, 6.45) is 2.38. The molecule has 0 aliphatic heterocycles. The van der Waals surface area contributed by atoms with Crippen molar-refractivity contribution in [3.63, 3.8) is 0 Å². The van der Waals surface area contributed by atoms with Crippen LogP contribution in [-0.2, 0) is 10.0 Å². The Balaban J connectivity index is 3.00. The van der Waals surface area contributed by atoms with Crippen LogP contribution in [0.5, 0.6) is 0 Å². The summed E-state index contributed by atoms with van der Waals surface area (Å²) in [5, 5.41) is 0. The van der Waals surface area contributed by atoms with E-state index < -0.39 is 10.0 Å². The van der Waals surface area contributed by atoms with E-state index in [1.807, 2.05) is 13.8 Å². The second-order valence-corrected chi connectivity index (χ2v) is 6.66. The van der Waals surface area contributed by atoms with Crippen LogP contribution in [0.15, 0.2) is 21.6 Å². The Morgan fingerprint density at radius 3 is 2.78 bits per heavy atom. The molecule has 18 heavy (non-hydrogen) atoms.